The molecule has 1 aromatic carbocycles. The number of hydrogen-bond acceptors (Lipinski definition) is 5. The van der Waals surface area contributed by atoms with Crippen molar-refractivity contribution in [2.45, 2.75) is 32.4 Å². The Labute approximate surface area is 186 Å². The van der Waals surface area contributed by atoms with Gasteiger partial charge in [0.15, 0.2) is 0 Å². The Morgan fingerprint density at radius 2 is 2.06 bits per heavy atom. The van der Waals surface area contributed by atoms with Crippen LogP contribution in [-0.2, 0) is 17.9 Å². The summed E-state index contributed by atoms with van der Waals surface area (Å²) in [6.07, 6.45) is 6.50. The summed E-state index contributed by atoms with van der Waals surface area (Å²) in [5.41, 5.74) is 1.23. The largest absolute Gasteiger partial charge is 0.496 e. The molecule has 3 rings (SSSR count). The van der Waals surface area contributed by atoms with Crippen molar-refractivity contribution in [3.8, 4) is 5.75 Å². The number of carbonyl (C=O) groups excluding carboxylic acids is 1. The monoisotopic (exact) mass is 427 g/mol. The van der Waals surface area contributed by atoms with Crippen molar-refractivity contribution >= 4 is 5.91 Å². The fraction of sp³-hybridized carbons (Fsp3) is 0.583. The van der Waals surface area contributed by atoms with Crippen molar-refractivity contribution in [3.63, 3.8) is 0 Å². The molecule has 1 amide bonds. The molecule has 0 bridgehead atoms. The maximum atomic E-state index is 13.0. The first-order valence-corrected chi connectivity index (χ1v) is 11.3. The fourth-order valence-electron chi connectivity index (χ4n) is 4.27. The summed E-state index contributed by atoms with van der Waals surface area (Å²) in [5.74, 6) is 1.67. The highest BCUT2D eigenvalue weighted by Gasteiger charge is 2.25. The van der Waals surface area contributed by atoms with Gasteiger partial charge in [-0.3, -0.25) is 14.4 Å². The number of likely N-dealkylation sites (tertiary alicyclic amines) is 1. The number of nitrogens with zero attached hydrogens (tertiary/aromatic N) is 5. The van der Waals surface area contributed by atoms with E-state index in [9.17, 15) is 4.79 Å². The van der Waals surface area contributed by atoms with E-state index in [2.05, 4.69) is 46.0 Å². The number of methoxy groups -OCH3 is 1. The van der Waals surface area contributed by atoms with Gasteiger partial charge in [0.05, 0.1) is 7.11 Å². The van der Waals surface area contributed by atoms with Crippen molar-refractivity contribution in [1.29, 1.82) is 0 Å². The van der Waals surface area contributed by atoms with Crippen LogP contribution in [0.25, 0.3) is 0 Å². The van der Waals surface area contributed by atoms with Gasteiger partial charge in [-0.2, -0.15) is 5.10 Å². The molecular weight excluding hydrogens is 390 g/mol. The first-order valence-electron chi connectivity index (χ1n) is 11.3. The minimum absolute atomic E-state index is 0.221. The second-order valence-corrected chi connectivity index (χ2v) is 8.72. The normalized spacial score (nSPS) is 17.1. The zero-order valence-corrected chi connectivity index (χ0v) is 19.2. The summed E-state index contributed by atoms with van der Waals surface area (Å²) in [4.78, 5) is 19.7. The second kappa shape index (κ2) is 11.9. The molecule has 0 saturated carbocycles. The number of piperidine rings is 1. The zero-order chi connectivity index (χ0) is 22.1. The molecule has 1 fully saturated rings. The molecule has 1 atom stereocenters. The molecule has 170 valence electrons. The summed E-state index contributed by atoms with van der Waals surface area (Å²) in [6, 6.07) is 10.1. The van der Waals surface area contributed by atoms with Crippen LogP contribution in [0, 0.1) is 5.92 Å². The van der Waals surface area contributed by atoms with Crippen molar-refractivity contribution in [2.24, 2.45) is 5.92 Å². The van der Waals surface area contributed by atoms with E-state index >= 15 is 0 Å². The van der Waals surface area contributed by atoms with Crippen LogP contribution < -0.4 is 4.74 Å². The molecule has 1 saturated heterocycles. The second-order valence-electron chi connectivity index (χ2n) is 8.72. The molecule has 1 aliphatic rings. The third-order valence-electron chi connectivity index (χ3n) is 5.95. The number of hydrogen-bond donors (Lipinski definition) is 0. The van der Waals surface area contributed by atoms with Gasteiger partial charge in [-0.05, 0) is 51.5 Å². The molecule has 0 radical (unpaired) electrons. The Bertz CT molecular complexity index is 793. The third kappa shape index (κ3) is 7.36. The number of aryl methyl sites for hydroxylation is 1. The van der Waals surface area contributed by atoms with Gasteiger partial charge in [-0.1, -0.05) is 18.2 Å². The van der Waals surface area contributed by atoms with E-state index in [1.807, 2.05) is 29.1 Å². The average Bonchev–Trinajstić information content (AvgIpc) is 3.29. The predicted octanol–water partition coefficient (Wildman–Crippen LogP) is 2.58. The predicted molar refractivity (Wildman–Crippen MR) is 123 cm³/mol. The molecule has 7 nitrogen and oxygen atoms in total. The summed E-state index contributed by atoms with van der Waals surface area (Å²) in [5, 5.41) is 4.22. The lowest BCUT2D eigenvalue weighted by Crippen LogP contribution is -2.44. The van der Waals surface area contributed by atoms with Crippen LogP contribution in [0.4, 0.5) is 0 Å². The Morgan fingerprint density at radius 3 is 2.81 bits per heavy atom. The summed E-state index contributed by atoms with van der Waals surface area (Å²) >= 11 is 0. The molecule has 0 spiro atoms. The SMILES string of the molecule is COc1ccccc1CN1CCC[C@@H](CN(CCN(C)C)C(=O)CCn2cccn2)C1. The highest BCUT2D eigenvalue weighted by atomic mass is 16.5. The number of benzene rings is 1. The molecule has 0 N–H and O–H groups in total. The van der Waals surface area contributed by atoms with Gasteiger partial charge < -0.3 is 14.5 Å². The van der Waals surface area contributed by atoms with Gasteiger partial charge in [0, 0.05) is 63.6 Å². The first-order chi connectivity index (χ1) is 15.0. The quantitative estimate of drug-likeness (QED) is 0.552. The van der Waals surface area contributed by atoms with Gasteiger partial charge in [0.2, 0.25) is 5.91 Å². The molecule has 1 aromatic heterocycles. The number of ether oxygens (including phenoxy) is 1. The van der Waals surface area contributed by atoms with Gasteiger partial charge in [-0.15, -0.1) is 0 Å². The van der Waals surface area contributed by atoms with Crippen molar-refractivity contribution in [2.75, 3.05) is 53.9 Å². The molecule has 2 heterocycles. The number of carbonyl (C=O) groups is 1. The highest BCUT2D eigenvalue weighted by Crippen LogP contribution is 2.24. The van der Waals surface area contributed by atoms with Crippen LogP contribution in [-0.4, -0.2) is 84.3 Å². The number of rotatable bonds is 11. The zero-order valence-electron chi connectivity index (χ0n) is 19.2. The van der Waals surface area contributed by atoms with Crippen molar-refractivity contribution in [1.82, 2.24) is 24.5 Å². The average molecular weight is 428 g/mol. The topological polar surface area (TPSA) is 53.8 Å². The van der Waals surface area contributed by atoms with E-state index in [-0.39, 0.29) is 5.91 Å². The molecule has 31 heavy (non-hydrogen) atoms. The first kappa shape index (κ1) is 23.3. The summed E-state index contributed by atoms with van der Waals surface area (Å²) in [6.45, 7) is 6.12. The third-order valence-corrected chi connectivity index (χ3v) is 5.95. The number of para-hydroxylation sites is 1. The smallest absolute Gasteiger partial charge is 0.224 e. The van der Waals surface area contributed by atoms with Crippen molar-refractivity contribution < 1.29 is 9.53 Å². The molecular formula is C24H37N5O2. The Balaban J connectivity index is 1.57. The molecule has 0 unspecified atom stereocenters. The standard InChI is InChI=1S/C24H37N5O2/c1-26(2)16-17-28(24(30)11-15-29-14-7-12-25-29)19-21-8-6-13-27(18-21)20-22-9-4-5-10-23(22)31-3/h4-5,7,9-10,12,14,21H,6,8,11,13,15-20H2,1-3H3/t21-/m1/s1. The Hall–Kier alpha value is -2.38. The van der Waals surface area contributed by atoms with Crippen LogP contribution in [0.2, 0.25) is 0 Å². The van der Waals surface area contributed by atoms with Crippen molar-refractivity contribution in [3.05, 3.63) is 48.3 Å². The van der Waals surface area contributed by atoms with Crippen LogP contribution in [0.5, 0.6) is 5.75 Å². The lowest BCUT2D eigenvalue weighted by Gasteiger charge is -2.36. The van der Waals surface area contributed by atoms with Crippen LogP contribution in [0.1, 0.15) is 24.8 Å². The van der Waals surface area contributed by atoms with E-state index in [0.29, 0.717) is 18.9 Å². The van der Waals surface area contributed by atoms with Crippen LogP contribution in [0.3, 0.4) is 0 Å². The maximum absolute atomic E-state index is 13.0. The van der Waals surface area contributed by atoms with Gasteiger partial charge in [-0.25, -0.2) is 0 Å². The van der Waals surface area contributed by atoms with E-state index in [1.165, 1.54) is 18.4 Å². The van der Waals surface area contributed by atoms with E-state index in [0.717, 1.165) is 45.0 Å². The summed E-state index contributed by atoms with van der Waals surface area (Å²) in [7, 11) is 5.85. The maximum Gasteiger partial charge on any atom is 0.224 e. The van der Waals surface area contributed by atoms with E-state index < -0.39 is 0 Å². The van der Waals surface area contributed by atoms with E-state index in [4.69, 9.17) is 4.74 Å². The number of amides is 1. The van der Waals surface area contributed by atoms with Gasteiger partial charge in [0.25, 0.3) is 0 Å². The molecule has 2 aromatic rings. The minimum atomic E-state index is 0.221. The Morgan fingerprint density at radius 1 is 1.23 bits per heavy atom. The lowest BCUT2D eigenvalue weighted by atomic mass is 9.96. The lowest BCUT2D eigenvalue weighted by molar-refractivity contribution is -0.132. The Kier molecular flexibility index (Phi) is 8.91. The molecule has 1 aliphatic heterocycles. The highest BCUT2D eigenvalue weighted by molar-refractivity contribution is 5.76. The molecule has 7 heteroatoms. The number of likely N-dealkylation sites (N-methyl/N-ethyl adjacent to an activating group) is 1. The fourth-order valence-corrected chi connectivity index (χ4v) is 4.27. The van der Waals surface area contributed by atoms with E-state index in [1.54, 1.807) is 13.3 Å². The van der Waals surface area contributed by atoms with Crippen LogP contribution >= 0.6 is 0 Å². The summed E-state index contributed by atoms with van der Waals surface area (Å²) < 4.78 is 7.36. The number of aromatic nitrogens is 2. The minimum Gasteiger partial charge on any atom is -0.496 e. The van der Waals surface area contributed by atoms with Gasteiger partial charge in [0.1, 0.15) is 5.75 Å². The van der Waals surface area contributed by atoms with Crippen LogP contribution in [0.15, 0.2) is 42.7 Å². The molecule has 0 aliphatic carbocycles. The van der Waals surface area contributed by atoms with Gasteiger partial charge >= 0.3 is 0 Å².